The minimum absolute atomic E-state index is 0.0726. The Balaban J connectivity index is 1.62. The molecule has 1 aromatic heterocycles. The Bertz CT molecular complexity index is 1180. The Morgan fingerprint density at radius 1 is 1.29 bits per heavy atom. The minimum atomic E-state index is -3.45. The van der Waals surface area contributed by atoms with Gasteiger partial charge in [-0.3, -0.25) is 0 Å². The number of aryl methyl sites for hydroxylation is 1. The summed E-state index contributed by atoms with van der Waals surface area (Å²) < 4.78 is 29.1. The quantitative estimate of drug-likeness (QED) is 0.853. The highest BCUT2D eigenvalue weighted by molar-refractivity contribution is 7.91. The number of aliphatic imine (C=N–C) groups is 1. The molecule has 1 saturated carbocycles. The van der Waals surface area contributed by atoms with E-state index in [0.717, 1.165) is 5.56 Å². The largest absolute Gasteiger partial charge is 0.493 e. The van der Waals surface area contributed by atoms with Crippen LogP contribution in [0.3, 0.4) is 0 Å². The highest BCUT2D eigenvalue weighted by Gasteiger charge is 2.35. The van der Waals surface area contributed by atoms with Gasteiger partial charge in [0.05, 0.1) is 40.1 Å². The molecule has 1 aliphatic carbocycles. The number of nitriles is 1. The van der Waals surface area contributed by atoms with E-state index in [0.29, 0.717) is 41.2 Å². The average molecular weight is 395 g/mol. The molecule has 4 rings (SSSR count). The van der Waals surface area contributed by atoms with E-state index in [1.54, 1.807) is 37.3 Å². The summed E-state index contributed by atoms with van der Waals surface area (Å²) in [7, 11) is -3.45. The lowest BCUT2D eigenvalue weighted by molar-refractivity contribution is 0.436. The molecule has 142 valence electrons. The molecule has 2 aliphatic rings. The van der Waals surface area contributed by atoms with Gasteiger partial charge in [-0.25, -0.2) is 13.4 Å². The van der Waals surface area contributed by atoms with Crippen molar-refractivity contribution in [2.75, 3.05) is 0 Å². The second-order valence-electron chi connectivity index (χ2n) is 6.71. The zero-order chi connectivity index (χ0) is 19.9. The molecule has 1 aromatic carbocycles. The van der Waals surface area contributed by atoms with Crippen LogP contribution in [0.5, 0.6) is 5.88 Å². The molecule has 28 heavy (non-hydrogen) atoms. The third kappa shape index (κ3) is 3.34. The van der Waals surface area contributed by atoms with Crippen molar-refractivity contribution in [1.29, 1.82) is 5.26 Å². The van der Waals surface area contributed by atoms with Crippen molar-refractivity contribution in [3.63, 3.8) is 0 Å². The van der Waals surface area contributed by atoms with Crippen molar-refractivity contribution in [2.45, 2.75) is 31.4 Å². The van der Waals surface area contributed by atoms with Gasteiger partial charge in [-0.05, 0) is 43.5 Å². The number of benzene rings is 1. The van der Waals surface area contributed by atoms with Crippen LogP contribution in [0.2, 0.25) is 0 Å². The summed E-state index contributed by atoms with van der Waals surface area (Å²) in [4.78, 5) is 4.22. The summed E-state index contributed by atoms with van der Waals surface area (Å²) in [6, 6.07) is 8.90. The van der Waals surface area contributed by atoms with Gasteiger partial charge in [0.1, 0.15) is 0 Å². The van der Waals surface area contributed by atoms with Crippen LogP contribution in [0.15, 0.2) is 39.7 Å². The van der Waals surface area contributed by atoms with Crippen molar-refractivity contribution in [3.05, 3.63) is 41.6 Å². The van der Waals surface area contributed by atoms with Gasteiger partial charge in [0.2, 0.25) is 5.88 Å². The Labute approximate surface area is 162 Å². The van der Waals surface area contributed by atoms with E-state index in [2.05, 4.69) is 20.6 Å². The maximum Gasteiger partial charge on any atom is 0.256 e. The molecule has 1 fully saturated rings. The van der Waals surface area contributed by atoms with Crippen LogP contribution in [-0.4, -0.2) is 40.5 Å². The first-order valence-corrected chi connectivity index (χ1v) is 10.3. The first-order valence-electron chi connectivity index (χ1n) is 8.75. The van der Waals surface area contributed by atoms with Gasteiger partial charge in [0.15, 0.2) is 5.82 Å². The van der Waals surface area contributed by atoms with Gasteiger partial charge in [-0.15, -0.1) is 0 Å². The first-order chi connectivity index (χ1) is 13.4. The van der Waals surface area contributed by atoms with Gasteiger partial charge >= 0.3 is 0 Å². The second kappa shape index (κ2) is 6.73. The highest BCUT2D eigenvalue weighted by Crippen LogP contribution is 2.35. The summed E-state index contributed by atoms with van der Waals surface area (Å²) in [5.74, 6) is 0.319. The topological polar surface area (TPSA) is 121 Å². The third-order valence-electron chi connectivity index (χ3n) is 4.59. The van der Waals surface area contributed by atoms with Gasteiger partial charge in [-0.2, -0.15) is 19.4 Å². The maximum atomic E-state index is 12.0. The maximum absolute atomic E-state index is 12.0. The molecule has 0 bridgehead atoms. The van der Waals surface area contributed by atoms with Crippen LogP contribution >= 0.6 is 0 Å². The fourth-order valence-corrected chi connectivity index (χ4v) is 4.30. The standard InChI is InChI=1S/C19H17N5O3S/c1-12-18(14-4-2-13(10-20)3-5-14)19(25)24(22-12)17-9-6-15(11-21-17)23-28(26,27)16-7-8-16/h2-5,9,11,16,25H,6-8H2,1H3. The van der Waals surface area contributed by atoms with Gasteiger partial charge < -0.3 is 5.11 Å². The molecule has 2 aromatic rings. The van der Waals surface area contributed by atoms with E-state index in [1.165, 1.54) is 10.9 Å². The van der Waals surface area contributed by atoms with Crippen molar-refractivity contribution in [1.82, 2.24) is 9.78 Å². The van der Waals surface area contributed by atoms with E-state index >= 15 is 0 Å². The molecule has 0 radical (unpaired) electrons. The SMILES string of the molecule is Cc1nn(C2=CCC(=NS(=O)(=O)C3CC3)C=N2)c(O)c1-c1ccc(C#N)cc1. The number of allylic oxidation sites excluding steroid dienone is 1. The van der Waals surface area contributed by atoms with Crippen molar-refractivity contribution in [2.24, 2.45) is 9.39 Å². The fraction of sp³-hybridized carbons (Fsp3) is 0.263. The van der Waals surface area contributed by atoms with E-state index in [1.807, 2.05) is 0 Å². The zero-order valence-corrected chi connectivity index (χ0v) is 15.9. The molecule has 0 spiro atoms. The molecular formula is C19H17N5O3S. The number of nitrogens with zero attached hydrogens (tertiary/aromatic N) is 5. The lowest BCUT2D eigenvalue weighted by Crippen LogP contribution is -2.12. The molecule has 0 saturated heterocycles. The monoisotopic (exact) mass is 395 g/mol. The number of sulfonamides is 1. The number of aromatic hydroxyl groups is 1. The summed E-state index contributed by atoms with van der Waals surface area (Å²) in [5, 5.41) is 23.6. The average Bonchev–Trinajstić information content (AvgIpc) is 3.49. The van der Waals surface area contributed by atoms with Crippen LogP contribution in [0.1, 0.15) is 30.5 Å². The van der Waals surface area contributed by atoms with E-state index in [9.17, 15) is 13.5 Å². The summed E-state index contributed by atoms with van der Waals surface area (Å²) in [6.45, 7) is 1.77. The molecule has 8 nitrogen and oxygen atoms in total. The van der Waals surface area contributed by atoms with Crippen LogP contribution in [0.25, 0.3) is 16.9 Å². The second-order valence-corrected chi connectivity index (χ2v) is 8.59. The number of hydrogen-bond acceptors (Lipinski definition) is 6. The smallest absolute Gasteiger partial charge is 0.256 e. The molecule has 0 amide bonds. The van der Waals surface area contributed by atoms with Gasteiger partial charge in [-0.1, -0.05) is 12.1 Å². The Morgan fingerprint density at radius 2 is 2.00 bits per heavy atom. The molecule has 1 aliphatic heterocycles. The van der Waals surface area contributed by atoms with Gasteiger partial charge in [0, 0.05) is 6.42 Å². The Hall–Kier alpha value is -3.25. The van der Waals surface area contributed by atoms with Gasteiger partial charge in [0.25, 0.3) is 10.0 Å². The Kier molecular flexibility index (Phi) is 4.35. The fourth-order valence-electron chi connectivity index (χ4n) is 2.97. The third-order valence-corrected chi connectivity index (χ3v) is 6.39. The lowest BCUT2D eigenvalue weighted by Gasteiger charge is -2.09. The molecular weight excluding hydrogens is 378 g/mol. The van der Waals surface area contributed by atoms with Crippen LogP contribution < -0.4 is 0 Å². The normalized spacial score (nSPS) is 18.1. The summed E-state index contributed by atoms with van der Waals surface area (Å²) in [5.41, 5.74) is 2.79. The summed E-state index contributed by atoms with van der Waals surface area (Å²) in [6.07, 6.45) is 4.68. The predicted octanol–water partition coefficient (Wildman–Crippen LogP) is 2.64. The van der Waals surface area contributed by atoms with Crippen molar-refractivity contribution in [3.8, 4) is 23.1 Å². The van der Waals surface area contributed by atoms with E-state index in [-0.39, 0.29) is 17.6 Å². The van der Waals surface area contributed by atoms with Crippen LogP contribution in [0, 0.1) is 18.3 Å². The van der Waals surface area contributed by atoms with E-state index in [4.69, 9.17) is 5.26 Å². The van der Waals surface area contributed by atoms with Crippen molar-refractivity contribution >= 4 is 27.8 Å². The molecule has 9 heteroatoms. The molecule has 1 N–H and O–H groups in total. The van der Waals surface area contributed by atoms with Crippen LogP contribution in [0.4, 0.5) is 0 Å². The van der Waals surface area contributed by atoms with E-state index < -0.39 is 10.0 Å². The lowest BCUT2D eigenvalue weighted by atomic mass is 10.0. The summed E-state index contributed by atoms with van der Waals surface area (Å²) >= 11 is 0. The number of hydrogen-bond donors (Lipinski definition) is 1. The molecule has 2 heterocycles. The number of aromatic nitrogens is 2. The van der Waals surface area contributed by atoms with Crippen LogP contribution in [-0.2, 0) is 10.0 Å². The minimum Gasteiger partial charge on any atom is -0.493 e. The highest BCUT2D eigenvalue weighted by atomic mass is 32.2. The zero-order valence-electron chi connectivity index (χ0n) is 15.1. The van der Waals surface area contributed by atoms with Crippen molar-refractivity contribution < 1.29 is 13.5 Å². The number of rotatable bonds is 4. The Morgan fingerprint density at radius 3 is 2.57 bits per heavy atom. The molecule has 0 unspecified atom stereocenters. The first kappa shape index (κ1) is 18.1. The predicted molar refractivity (Wildman–Crippen MR) is 106 cm³/mol. The molecule has 0 atom stereocenters.